The fourth-order valence-electron chi connectivity index (χ4n) is 5.25. The predicted octanol–water partition coefficient (Wildman–Crippen LogP) is 4.96. The van der Waals surface area contributed by atoms with Crippen LogP contribution in [-0.2, 0) is 9.53 Å². The van der Waals surface area contributed by atoms with Gasteiger partial charge in [0.2, 0.25) is 0 Å². The first-order valence-corrected chi connectivity index (χ1v) is 8.53. The Morgan fingerprint density at radius 2 is 1.43 bits per heavy atom. The quantitative estimate of drug-likeness (QED) is 0.526. The van der Waals surface area contributed by atoms with Crippen molar-refractivity contribution in [3.8, 4) is 0 Å². The number of fused-ring (bicyclic) bond motifs is 3. The van der Waals surface area contributed by atoms with Crippen LogP contribution in [0.4, 0.5) is 17.6 Å². The van der Waals surface area contributed by atoms with Gasteiger partial charge in [-0.15, -0.1) is 0 Å². The minimum absolute atomic E-state index is 0.0158. The molecular formula is C17H24F4O2. The van der Waals surface area contributed by atoms with E-state index in [4.69, 9.17) is 4.74 Å². The topological polar surface area (TPSA) is 26.3 Å². The van der Waals surface area contributed by atoms with E-state index < -0.39 is 28.8 Å². The minimum Gasteiger partial charge on any atom is -0.453 e. The summed E-state index contributed by atoms with van der Waals surface area (Å²) in [5.74, 6) is -9.23. The first-order chi connectivity index (χ1) is 10.6. The Balaban J connectivity index is 1.96. The maximum absolute atomic E-state index is 15.0. The van der Waals surface area contributed by atoms with Gasteiger partial charge in [0.25, 0.3) is 0 Å². The zero-order valence-corrected chi connectivity index (χ0v) is 13.6. The smallest absolute Gasteiger partial charge is 0.349 e. The minimum atomic E-state index is -4.30. The molecule has 6 heteroatoms. The summed E-state index contributed by atoms with van der Waals surface area (Å²) < 4.78 is 64.2. The van der Waals surface area contributed by atoms with E-state index in [9.17, 15) is 22.4 Å². The molecule has 2 bridgehead atoms. The molecule has 0 aromatic carbocycles. The molecule has 4 aliphatic rings. The molecule has 0 atom stereocenters. The second kappa shape index (κ2) is 5.09. The van der Waals surface area contributed by atoms with Crippen molar-refractivity contribution in [2.24, 2.45) is 17.3 Å². The van der Waals surface area contributed by atoms with Crippen molar-refractivity contribution in [3.05, 3.63) is 0 Å². The van der Waals surface area contributed by atoms with Gasteiger partial charge in [0.15, 0.2) is 5.60 Å². The third-order valence-electron chi connectivity index (χ3n) is 6.68. The van der Waals surface area contributed by atoms with Crippen LogP contribution in [0.15, 0.2) is 0 Å². The lowest BCUT2D eigenvalue weighted by atomic mass is 9.48. The average Bonchev–Trinajstić information content (AvgIpc) is 2.46. The summed E-state index contributed by atoms with van der Waals surface area (Å²) in [7, 11) is 0. The van der Waals surface area contributed by atoms with Crippen LogP contribution in [0.2, 0.25) is 0 Å². The molecule has 4 saturated carbocycles. The Morgan fingerprint density at radius 3 is 1.91 bits per heavy atom. The van der Waals surface area contributed by atoms with Crippen LogP contribution in [0.25, 0.3) is 0 Å². The van der Waals surface area contributed by atoms with Gasteiger partial charge < -0.3 is 4.74 Å². The third kappa shape index (κ3) is 2.08. The molecule has 2 nitrogen and oxygen atoms in total. The lowest BCUT2D eigenvalue weighted by Crippen LogP contribution is -2.75. The third-order valence-corrected chi connectivity index (χ3v) is 6.68. The van der Waals surface area contributed by atoms with Crippen molar-refractivity contribution in [1.82, 2.24) is 0 Å². The largest absolute Gasteiger partial charge is 0.453 e. The van der Waals surface area contributed by atoms with Crippen molar-refractivity contribution < 1.29 is 27.1 Å². The fraction of sp³-hybridized carbons (Fsp3) is 0.941. The molecule has 0 radical (unpaired) electrons. The van der Waals surface area contributed by atoms with Gasteiger partial charge in [-0.3, -0.25) is 4.79 Å². The van der Waals surface area contributed by atoms with Crippen LogP contribution in [0.3, 0.4) is 0 Å². The SMILES string of the molecule is CC(=O)OC12CCC(C3CCC(C)CC3)(CC1)C(F)(F)C2(F)F. The summed E-state index contributed by atoms with van der Waals surface area (Å²) in [6, 6.07) is 0. The highest BCUT2D eigenvalue weighted by Gasteiger charge is 2.84. The molecule has 0 aromatic rings. The van der Waals surface area contributed by atoms with Crippen molar-refractivity contribution in [1.29, 1.82) is 0 Å². The zero-order valence-electron chi connectivity index (χ0n) is 13.6. The van der Waals surface area contributed by atoms with Crippen molar-refractivity contribution >= 4 is 5.97 Å². The summed E-state index contributed by atoms with van der Waals surface area (Å²) in [6.07, 6.45) is 2.53. The number of hydrogen-bond donors (Lipinski definition) is 0. The average molecular weight is 336 g/mol. The Morgan fingerprint density at radius 1 is 0.913 bits per heavy atom. The standard InChI is InChI=1S/C17H24F4O2/c1-11-3-5-13(6-4-11)14-7-9-15(10-8-14,23-12(2)22)17(20,21)16(14,18)19/h11,13H,3-10H2,1-2H3. The maximum atomic E-state index is 15.0. The highest BCUT2D eigenvalue weighted by Crippen LogP contribution is 2.71. The summed E-state index contributed by atoms with van der Waals surface area (Å²) in [6.45, 7) is 3.08. The number of alkyl halides is 4. The molecule has 0 N–H and O–H groups in total. The summed E-state index contributed by atoms with van der Waals surface area (Å²) >= 11 is 0. The van der Waals surface area contributed by atoms with E-state index in [1.165, 1.54) is 0 Å². The van der Waals surface area contributed by atoms with E-state index in [1.807, 2.05) is 0 Å². The van der Waals surface area contributed by atoms with E-state index in [-0.39, 0.29) is 31.6 Å². The van der Waals surface area contributed by atoms with E-state index in [0.29, 0.717) is 18.8 Å². The first-order valence-electron chi connectivity index (χ1n) is 8.53. The molecule has 23 heavy (non-hydrogen) atoms. The van der Waals surface area contributed by atoms with Gasteiger partial charge in [0.1, 0.15) is 0 Å². The van der Waals surface area contributed by atoms with Crippen LogP contribution < -0.4 is 0 Å². The van der Waals surface area contributed by atoms with Gasteiger partial charge in [-0.25, -0.2) is 0 Å². The molecule has 0 spiro atoms. The molecule has 0 aliphatic heterocycles. The number of rotatable bonds is 2. The molecule has 4 rings (SSSR count). The van der Waals surface area contributed by atoms with Gasteiger partial charge in [-0.05, 0) is 50.4 Å². The number of hydrogen-bond acceptors (Lipinski definition) is 2. The molecule has 4 fully saturated rings. The molecule has 0 heterocycles. The Labute approximate surface area is 133 Å². The van der Waals surface area contributed by atoms with Crippen molar-refractivity contribution in [2.75, 3.05) is 0 Å². The summed E-state index contributed by atoms with van der Waals surface area (Å²) in [5, 5.41) is 0. The molecular weight excluding hydrogens is 312 g/mol. The zero-order chi connectivity index (χ0) is 17.1. The van der Waals surface area contributed by atoms with Crippen LogP contribution in [0.5, 0.6) is 0 Å². The van der Waals surface area contributed by atoms with Crippen molar-refractivity contribution in [2.45, 2.75) is 82.7 Å². The Bertz CT molecular complexity index is 487. The number of halogens is 4. The van der Waals surface area contributed by atoms with Gasteiger partial charge in [0, 0.05) is 12.3 Å². The molecule has 0 unspecified atom stereocenters. The van der Waals surface area contributed by atoms with Crippen LogP contribution >= 0.6 is 0 Å². The monoisotopic (exact) mass is 336 g/mol. The number of carbonyl (C=O) groups is 1. The maximum Gasteiger partial charge on any atom is 0.349 e. The lowest BCUT2D eigenvalue weighted by Gasteiger charge is -2.62. The lowest BCUT2D eigenvalue weighted by molar-refractivity contribution is -0.392. The first kappa shape index (κ1) is 17.0. The van der Waals surface area contributed by atoms with Crippen LogP contribution in [0, 0.1) is 17.3 Å². The summed E-state index contributed by atoms with van der Waals surface area (Å²) in [4.78, 5) is 11.2. The number of ether oxygens (including phenoxy) is 1. The predicted molar refractivity (Wildman–Crippen MR) is 76.4 cm³/mol. The summed E-state index contributed by atoms with van der Waals surface area (Å²) in [5.41, 5.74) is -3.97. The number of carbonyl (C=O) groups excluding carboxylic acids is 1. The van der Waals surface area contributed by atoms with Gasteiger partial charge in [-0.1, -0.05) is 19.8 Å². The van der Waals surface area contributed by atoms with Crippen LogP contribution in [-0.4, -0.2) is 23.4 Å². The molecule has 0 saturated heterocycles. The van der Waals surface area contributed by atoms with Gasteiger partial charge in [-0.2, -0.15) is 17.6 Å². The Kier molecular flexibility index (Phi) is 3.77. The van der Waals surface area contributed by atoms with E-state index in [1.54, 1.807) is 0 Å². The van der Waals surface area contributed by atoms with E-state index >= 15 is 0 Å². The normalized spacial score (nSPS) is 44.8. The van der Waals surface area contributed by atoms with E-state index in [2.05, 4.69) is 6.92 Å². The highest BCUT2D eigenvalue weighted by atomic mass is 19.3. The van der Waals surface area contributed by atoms with Crippen molar-refractivity contribution in [3.63, 3.8) is 0 Å². The van der Waals surface area contributed by atoms with Gasteiger partial charge >= 0.3 is 17.8 Å². The fourth-order valence-corrected chi connectivity index (χ4v) is 5.25. The molecule has 4 aliphatic carbocycles. The highest BCUT2D eigenvalue weighted by molar-refractivity contribution is 5.67. The molecule has 0 amide bonds. The molecule has 0 aromatic heterocycles. The van der Waals surface area contributed by atoms with E-state index in [0.717, 1.165) is 19.8 Å². The van der Waals surface area contributed by atoms with Gasteiger partial charge in [0.05, 0.1) is 0 Å². The molecule has 132 valence electrons. The number of esters is 1. The second-order valence-electron chi connectivity index (χ2n) is 7.85. The van der Waals surface area contributed by atoms with Crippen LogP contribution in [0.1, 0.15) is 65.2 Å². The second-order valence-corrected chi connectivity index (χ2v) is 7.85. The Hall–Kier alpha value is -0.810.